The first kappa shape index (κ1) is 97.6. The van der Waals surface area contributed by atoms with Crippen LogP contribution in [0.15, 0.2) is 0 Å². The van der Waals surface area contributed by atoms with Crippen molar-refractivity contribution in [1.29, 1.82) is 0 Å². The average Bonchev–Trinajstić information content (AvgIpc) is 1.20. The first-order valence-electron chi connectivity index (χ1n) is 44.9. The van der Waals surface area contributed by atoms with E-state index < -0.39 is 11.6 Å². The lowest BCUT2D eigenvalue weighted by atomic mass is 9.88. The second-order valence-corrected chi connectivity index (χ2v) is 34.6. The number of hydrogen-bond donors (Lipinski definition) is 19. The predicted molar refractivity (Wildman–Crippen MR) is 463 cm³/mol. The molecule has 4 fully saturated rings. The molecule has 0 aliphatic heterocycles. The Morgan fingerprint density at radius 2 is 0.814 bits per heavy atom. The third kappa shape index (κ3) is 29.3. The Balaban J connectivity index is 0.000000219. The molecule has 0 spiro atoms. The number of nitrogens with one attached hydrogen (secondary N) is 11. The van der Waals surface area contributed by atoms with Crippen molar-refractivity contribution in [3.05, 3.63) is 78.8 Å². The van der Waals surface area contributed by atoms with E-state index in [4.69, 9.17) is 42.0 Å². The normalized spacial score (nSPS) is 25.1. The quantitative estimate of drug-likeness (QED) is 0.0156. The molecule has 22 N–H and O–H groups in total. The lowest BCUT2D eigenvalue weighted by molar-refractivity contribution is -0.223. The number of ether oxygens (including phenoxy) is 2. The fourth-order valence-corrected chi connectivity index (χ4v) is 18.6. The molecule has 23 nitrogen and oxygen atoms in total. The number of nitrogens with two attached hydrogens (primary N) is 3. The van der Waals surface area contributed by atoms with Crippen LogP contribution in [-0.4, -0.2) is 194 Å². The van der Waals surface area contributed by atoms with Gasteiger partial charge in [0.05, 0.1) is 38.7 Å². The number of aryl methyl sites for hydroxylation is 7. The van der Waals surface area contributed by atoms with E-state index in [9.17, 15) is 19.8 Å². The Bertz CT molecular complexity index is 3270. The van der Waals surface area contributed by atoms with Crippen LogP contribution in [-0.2, 0) is 82.0 Å². The molecule has 648 valence electrons. The Morgan fingerprint density at radius 3 is 1.19 bits per heavy atom. The zero-order valence-corrected chi connectivity index (χ0v) is 73.6. The molecule has 7 aliphatic carbocycles. The summed E-state index contributed by atoms with van der Waals surface area (Å²) in [5.41, 5.74) is 38.5. The Morgan fingerprint density at radius 1 is 0.442 bits per heavy atom. The van der Waals surface area contributed by atoms with Gasteiger partial charge in [-0.25, -0.2) is 0 Å². The molecule has 4 saturated carbocycles. The molecule has 0 saturated heterocycles. The van der Waals surface area contributed by atoms with Gasteiger partial charge in [0.15, 0.2) is 11.6 Å². The fourth-order valence-electron chi connectivity index (χ4n) is 18.6. The second-order valence-electron chi connectivity index (χ2n) is 34.6. The lowest BCUT2D eigenvalue weighted by Gasteiger charge is -2.36. The van der Waals surface area contributed by atoms with Crippen LogP contribution in [0.3, 0.4) is 0 Å². The summed E-state index contributed by atoms with van der Waals surface area (Å²) in [5, 5.41) is 73.7. The molecule has 0 bridgehead atoms. The standard InChI is InChI=1S/C26H41N3O4.C16H36N4.C16H22N2.C12H26N2O2.C11H22N2O.C9H17NO2/c1-5-19-17(3)28-21-9-7-11-25(30,23(19)21)32-15-13-27-14-16-33-26(31)12-8-10-22-24(26)20(6-2)18(4)29-22;1-5-15(17)11(3)19-13-8-7-9-14(10-13)20-12(4)16(18)6-2;1-5-12-9(3)11-7-8-14-15(16(11)18-12)10(4)13(6-2)17-14;1-9(7-15)13-11-4-3-5-12(6-11)14-10(2)8-16;1-3-11(12)8(2)13-9-5-4-6-10(14)7-9;1-7(6-11)10-8-3-2-4-9(12)5-8/h27-31H,5-16H2,1-4H3;11-16,19-20H,5-10,17-18H2,1-4H3;17-18H,5-8H2,1-4H3;9-16H,3-8H2,1-2H3;8-9,11,13H,3-7,12H2,1-2H3;7-8,10-11H,2-6H2,1H3. The Kier molecular flexibility index (Phi) is 42.6. The average molecular weight is 1590 g/mol. The van der Waals surface area contributed by atoms with Crippen LogP contribution in [0.2, 0.25) is 0 Å². The van der Waals surface area contributed by atoms with E-state index >= 15 is 0 Å². The SMILES string of the molecule is CC(CO)NC1CCCC(=O)C1.CC(CO)NC1CCCC(NC(C)CO)C1.CCC(N)C(C)NC1CCCC(=O)C1.CCC(N)C(C)NC1CCCC(NC(C)C(N)CC)C1.CCc1[nH]c2c(c1C)CCc1[nH]c(CC)c(C)c1-2.CCc1c(C)[nH]c2c1C(O)(OCCNCCOC1(O)CCCc3[nH]c(C)c(CC)c31)CCC2. The van der Waals surface area contributed by atoms with Gasteiger partial charge in [0.2, 0.25) is 0 Å². The molecule has 23 heteroatoms. The number of rotatable bonds is 33. The van der Waals surface area contributed by atoms with Crippen LogP contribution in [0.25, 0.3) is 11.3 Å². The summed E-state index contributed by atoms with van der Waals surface area (Å²) < 4.78 is 12.1. The summed E-state index contributed by atoms with van der Waals surface area (Å²) in [6, 6.07) is 5.17. The molecule has 7 aliphatic rings. The van der Waals surface area contributed by atoms with E-state index in [0.29, 0.717) is 118 Å². The van der Waals surface area contributed by atoms with Crippen LogP contribution in [0, 0.1) is 27.7 Å². The zero-order valence-electron chi connectivity index (χ0n) is 73.6. The summed E-state index contributed by atoms with van der Waals surface area (Å²) >= 11 is 0. The van der Waals surface area contributed by atoms with Crippen LogP contribution in [0.5, 0.6) is 0 Å². The van der Waals surface area contributed by atoms with Crippen molar-refractivity contribution in [3.8, 4) is 11.3 Å². The molecule has 4 heterocycles. The lowest BCUT2D eigenvalue weighted by Crippen LogP contribution is -2.53. The number of fused-ring (bicyclic) bond motifs is 5. The summed E-state index contributed by atoms with van der Waals surface area (Å²) in [6.07, 6.45) is 31.1. The fraction of sp³-hybridized carbons (Fsp3) is 0.800. The summed E-state index contributed by atoms with van der Waals surface area (Å²) in [5.74, 6) is -1.67. The number of ketones is 2. The monoisotopic (exact) mass is 1590 g/mol. The number of Topliss-reactive ketones (excluding diaryl/α,β-unsaturated/α-hetero) is 2. The summed E-state index contributed by atoms with van der Waals surface area (Å²) in [4.78, 5) is 36.4. The minimum absolute atomic E-state index is 0.112. The highest BCUT2D eigenvalue weighted by molar-refractivity contribution is 5.80. The van der Waals surface area contributed by atoms with Crippen LogP contribution >= 0.6 is 0 Å². The molecule has 4 aromatic rings. The van der Waals surface area contributed by atoms with Crippen molar-refractivity contribution in [3.63, 3.8) is 0 Å². The molecule has 17 unspecified atom stereocenters. The van der Waals surface area contributed by atoms with Crippen LogP contribution < -0.4 is 54.4 Å². The zero-order chi connectivity index (χ0) is 83.1. The van der Waals surface area contributed by atoms with Crippen molar-refractivity contribution < 1.29 is 44.6 Å². The van der Waals surface area contributed by atoms with Gasteiger partial charge in [0, 0.05) is 199 Å². The minimum atomic E-state index is -1.21. The third-order valence-electron chi connectivity index (χ3n) is 25.4. The molecule has 17 atom stereocenters. The number of hydrogen-bond acceptors (Lipinski definition) is 19. The van der Waals surface area contributed by atoms with E-state index in [-0.39, 0.29) is 56.1 Å². The number of aromatic amines is 4. The number of carbonyl (C=O) groups is 2. The van der Waals surface area contributed by atoms with E-state index in [1.165, 1.54) is 102 Å². The first-order valence-corrected chi connectivity index (χ1v) is 44.9. The largest absolute Gasteiger partial charge is 0.395 e. The highest BCUT2D eigenvalue weighted by Crippen LogP contribution is 2.43. The van der Waals surface area contributed by atoms with Gasteiger partial charge in [-0.05, 0) is 245 Å². The van der Waals surface area contributed by atoms with Gasteiger partial charge in [0.1, 0.15) is 11.6 Å². The molecule has 0 amide bonds. The molecule has 11 rings (SSSR count). The van der Waals surface area contributed by atoms with Gasteiger partial charge in [-0.15, -0.1) is 0 Å². The van der Waals surface area contributed by atoms with Crippen molar-refractivity contribution in [2.75, 3.05) is 46.1 Å². The molecular weight excluding hydrogens is 1420 g/mol. The van der Waals surface area contributed by atoms with E-state index in [2.05, 4.69) is 154 Å². The summed E-state index contributed by atoms with van der Waals surface area (Å²) in [6.45, 7) is 38.8. The predicted octanol–water partition coefficient (Wildman–Crippen LogP) is 10.9. The van der Waals surface area contributed by atoms with Crippen molar-refractivity contribution in [1.82, 2.24) is 57.2 Å². The molecule has 113 heavy (non-hydrogen) atoms. The molecule has 0 aromatic carbocycles. The minimum Gasteiger partial charge on any atom is -0.395 e. The molecule has 4 aromatic heterocycles. The maximum absolute atomic E-state index is 11.3. The van der Waals surface area contributed by atoms with E-state index in [0.717, 1.165) is 156 Å². The van der Waals surface area contributed by atoms with Crippen molar-refractivity contribution in [2.24, 2.45) is 17.2 Å². The van der Waals surface area contributed by atoms with Gasteiger partial charge in [0.25, 0.3) is 0 Å². The molecule has 0 radical (unpaired) electrons. The highest BCUT2D eigenvalue weighted by atomic mass is 16.6. The van der Waals surface area contributed by atoms with Gasteiger partial charge < -0.3 is 109 Å². The van der Waals surface area contributed by atoms with Crippen molar-refractivity contribution >= 4 is 11.6 Å². The topological polar surface area (TPSA) is 379 Å². The van der Waals surface area contributed by atoms with Gasteiger partial charge in [-0.1, -0.05) is 61.3 Å². The van der Waals surface area contributed by atoms with Gasteiger partial charge >= 0.3 is 0 Å². The van der Waals surface area contributed by atoms with Crippen LogP contribution in [0.1, 0.15) is 316 Å². The smallest absolute Gasteiger partial charge is 0.194 e. The Hall–Kier alpha value is -4.22. The number of aromatic nitrogens is 4. The Labute approximate surface area is 682 Å². The summed E-state index contributed by atoms with van der Waals surface area (Å²) in [7, 11) is 0. The number of carbonyl (C=O) groups excluding carboxylic acids is 2. The number of aliphatic hydroxyl groups is 5. The maximum atomic E-state index is 11.3. The molecular formula is C90H164N14O9. The number of aliphatic hydroxyl groups excluding tert-OH is 3. The maximum Gasteiger partial charge on any atom is 0.194 e. The van der Waals surface area contributed by atoms with E-state index in [1.54, 1.807) is 5.56 Å². The highest BCUT2D eigenvalue weighted by Gasteiger charge is 2.41. The first-order chi connectivity index (χ1) is 54.0. The van der Waals surface area contributed by atoms with Gasteiger partial charge in [-0.3, -0.25) is 9.59 Å². The van der Waals surface area contributed by atoms with Gasteiger partial charge in [-0.2, -0.15) is 0 Å². The van der Waals surface area contributed by atoms with Crippen molar-refractivity contribution in [2.45, 2.75) is 419 Å². The van der Waals surface area contributed by atoms with E-state index in [1.807, 2.05) is 20.8 Å². The third-order valence-corrected chi connectivity index (χ3v) is 25.4. The van der Waals surface area contributed by atoms with Crippen LogP contribution in [0.4, 0.5) is 0 Å². The number of H-pyrrole nitrogens is 4. The second kappa shape index (κ2) is 49.4.